The number of amides is 1. The van der Waals surface area contributed by atoms with E-state index in [1.165, 1.54) is 29.3 Å². The molecule has 192 valence electrons. The van der Waals surface area contributed by atoms with Crippen LogP contribution in [0, 0.1) is 17.0 Å². The number of nitrogens with zero attached hydrogens (tertiary/aromatic N) is 5. The van der Waals surface area contributed by atoms with Crippen molar-refractivity contribution >= 4 is 23.1 Å². The highest BCUT2D eigenvalue weighted by atomic mass is 16.6. The number of hydrogen-bond acceptors (Lipinski definition) is 7. The Morgan fingerprint density at radius 3 is 2.46 bits per heavy atom. The lowest BCUT2D eigenvalue weighted by molar-refractivity contribution is -0.384. The number of rotatable bonds is 9. The maximum Gasteiger partial charge on any atom is 0.295 e. The Labute approximate surface area is 214 Å². The average molecular weight is 504 g/mol. The molecule has 2 heterocycles. The molecule has 1 aromatic heterocycles. The van der Waals surface area contributed by atoms with E-state index in [0.29, 0.717) is 23.4 Å². The van der Waals surface area contributed by atoms with Crippen LogP contribution in [0.2, 0.25) is 0 Å². The number of carbonyl (C=O) groups is 2. The summed E-state index contributed by atoms with van der Waals surface area (Å²) in [5.74, 6) is -1.95. The predicted molar refractivity (Wildman–Crippen MR) is 138 cm³/mol. The van der Waals surface area contributed by atoms with Gasteiger partial charge in [-0.15, -0.1) is 0 Å². The van der Waals surface area contributed by atoms with Crippen LogP contribution in [-0.4, -0.2) is 67.5 Å². The summed E-state index contributed by atoms with van der Waals surface area (Å²) in [6.07, 6.45) is 1.45. The SMILES string of the molecule is CCN(CC)CCN1C(=O)C(=O)/C(=C(/O)c2cnn(-c3ccccc3)c2C)C1c1cccc([N+](=O)[O-])c1. The first-order valence-corrected chi connectivity index (χ1v) is 12.1. The first-order chi connectivity index (χ1) is 17.8. The monoisotopic (exact) mass is 503 g/mol. The van der Waals surface area contributed by atoms with Gasteiger partial charge < -0.3 is 14.9 Å². The maximum absolute atomic E-state index is 13.3. The summed E-state index contributed by atoms with van der Waals surface area (Å²) in [4.78, 5) is 41.0. The van der Waals surface area contributed by atoms with Crippen LogP contribution in [0.25, 0.3) is 11.4 Å². The van der Waals surface area contributed by atoms with Gasteiger partial charge in [-0.25, -0.2) is 4.68 Å². The number of hydrogen-bond donors (Lipinski definition) is 1. The normalized spacial score (nSPS) is 17.1. The lowest BCUT2D eigenvalue weighted by atomic mass is 9.95. The molecule has 1 fully saturated rings. The summed E-state index contributed by atoms with van der Waals surface area (Å²) in [5, 5.41) is 27.3. The Bertz CT molecular complexity index is 1360. The molecule has 1 atom stereocenters. The van der Waals surface area contributed by atoms with Crippen LogP contribution in [0.5, 0.6) is 0 Å². The van der Waals surface area contributed by atoms with E-state index in [2.05, 4.69) is 10.00 Å². The minimum Gasteiger partial charge on any atom is -0.507 e. The summed E-state index contributed by atoms with van der Waals surface area (Å²) in [5.41, 5.74) is 1.76. The molecule has 1 aliphatic rings. The number of non-ortho nitro benzene ring substituents is 1. The van der Waals surface area contributed by atoms with E-state index < -0.39 is 22.7 Å². The van der Waals surface area contributed by atoms with Crippen LogP contribution in [0.4, 0.5) is 5.69 Å². The minimum absolute atomic E-state index is 0.110. The Hall–Kier alpha value is -4.31. The molecule has 0 aliphatic carbocycles. The predicted octanol–water partition coefficient (Wildman–Crippen LogP) is 3.85. The third-order valence-electron chi connectivity index (χ3n) is 6.75. The number of likely N-dealkylation sites (tertiary alicyclic amines) is 1. The molecule has 4 rings (SSSR count). The Morgan fingerprint density at radius 2 is 1.81 bits per heavy atom. The van der Waals surface area contributed by atoms with Gasteiger partial charge >= 0.3 is 0 Å². The van der Waals surface area contributed by atoms with Crippen molar-refractivity contribution in [2.24, 2.45) is 0 Å². The molecule has 3 aromatic rings. The molecule has 10 heteroatoms. The summed E-state index contributed by atoms with van der Waals surface area (Å²) >= 11 is 0. The number of aliphatic hydroxyl groups is 1. The van der Waals surface area contributed by atoms with Gasteiger partial charge in [-0.2, -0.15) is 5.10 Å². The zero-order valence-electron chi connectivity index (χ0n) is 21.0. The second-order valence-corrected chi connectivity index (χ2v) is 8.76. The van der Waals surface area contributed by atoms with Crippen molar-refractivity contribution < 1.29 is 19.6 Å². The molecule has 0 bridgehead atoms. The number of carbonyl (C=O) groups excluding carboxylic acids is 2. The van der Waals surface area contributed by atoms with E-state index in [1.807, 2.05) is 44.2 Å². The molecule has 1 N–H and O–H groups in total. The third-order valence-corrected chi connectivity index (χ3v) is 6.75. The number of para-hydroxylation sites is 1. The molecule has 2 aromatic carbocycles. The second kappa shape index (κ2) is 10.8. The van der Waals surface area contributed by atoms with Crippen molar-refractivity contribution in [3.8, 4) is 5.69 Å². The number of likely N-dealkylation sites (N-methyl/N-ethyl adjacent to an activating group) is 1. The van der Waals surface area contributed by atoms with E-state index in [-0.39, 0.29) is 23.6 Å². The molecule has 37 heavy (non-hydrogen) atoms. The largest absolute Gasteiger partial charge is 0.507 e. The van der Waals surface area contributed by atoms with Crippen LogP contribution < -0.4 is 0 Å². The first kappa shape index (κ1) is 25.8. The van der Waals surface area contributed by atoms with Gasteiger partial charge in [-0.05, 0) is 37.7 Å². The molecule has 0 spiro atoms. The summed E-state index contributed by atoms with van der Waals surface area (Å²) in [6, 6.07) is 14.2. The van der Waals surface area contributed by atoms with Gasteiger partial charge in [-0.1, -0.05) is 44.2 Å². The number of Topliss-reactive ketones (excluding diaryl/α,β-unsaturated/α-hetero) is 1. The number of aliphatic hydroxyl groups excluding tert-OH is 1. The fraction of sp³-hybridized carbons (Fsp3) is 0.296. The van der Waals surface area contributed by atoms with E-state index in [1.54, 1.807) is 17.7 Å². The van der Waals surface area contributed by atoms with Crippen molar-refractivity contribution in [1.29, 1.82) is 0 Å². The number of aromatic nitrogens is 2. The second-order valence-electron chi connectivity index (χ2n) is 8.76. The highest BCUT2D eigenvalue weighted by molar-refractivity contribution is 6.46. The van der Waals surface area contributed by atoms with E-state index in [4.69, 9.17) is 0 Å². The standard InChI is InChI=1S/C27H29N5O5/c1-4-29(5-2)14-15-30-24(19-10-9-13-21(16-19)32(36)37)23(26(34)27(30)35)25(33)22-17-28-31(18(22)3)20-11-7-6-8-12-20/h6-13,16-17,24,33H,4-5,14-15H2,1-3H3/b25-23+. The molecule has 0 saturated carbocycles. The summed E-state index contributed by atoms with van der Waals surface area (Å²) in [7, 11) is 0. The van der Waals surface area contributed by atoms with Crippen LogP contribution in [0.1, 0.15) is 36.7 Å². The van der Waals surface area contributed by atoms with Crippen LogP contribution >= 0.6 is 0 Å². The first-order valence-electron chi connectivity index (χ1n) is 12.1. The quantitative estimate of drug-likeness (QED) is 0.155. The Kier molecular flexibility index (Phi) is 7.49. The highest BCUT2D eigenvalue weighted by Crippen LogP contribution is 2.40. The topological polar surface area (TPSA) is 122 Å². The molecule has 10 nitrogen and oxygen atoms in total. The fourth-order valence-electron chi connectivity index (χ4n) is 4.67. The number of nitro benzene ring substituents is 1. The fourth-order valence-corrected chi connectivity index (χ4v) is 4.67. The van der Waals surface area contributed by atoms with Gasteiger partial charge in [0.15, 0.2) is 0 Å². The van der Waals surface area contributed by atoms with Crippen molar-refractivity contribution in [3.63, 3.8) is 0 Å². The molecule has 1 amide bonds. The van der Waals surface area contributed by atoms with Gasteiger partial charge in [0, 0.05) is 25.2 Å². The molecule has 0 radical (unpaired) electrons. The molecule has 1 aliphatic heterocycles. The van der Waals surface area contributed by atoms with Gasteiger partial charge in [0.05, 0.1) is 39.7 Å². The highest BCUT2D eigenvalue weighted by Gasteiger charge is 2.46. The van der Waals surface area contributed by atoms with E-state index in [0.717, 1.165) is 18.8 Å². The minimum atomic E-state index is -0.977. The van der Waals surface area contributed by atoms with Crippen LogP contribution in [-0.2, 0) is 9.59 Å². The molecule has 1 unspecified atom stereocenters. The Morgan fingerprint density at radius 1 is 1.11 bits per heavy atom. The lowest BCUT2D eigenvalue weighted by Crippen LogP contribution is -2.38. The molecule has 1 saturated heterocycles. The number of nitro groups is 1. The Balaban J connectivity index is 1.85. The van der Waals surface area contributed by atoms with E-state index in [9.17, 15) is 24.8 Å². The number of ketones is 1. The number of benzene rings is 2. The van der Waals surface area contributed by atoms with Crippen LogP contribution in [0.3, 0.4) is 0 Å². The van der Waals surface area contributed by atoms with Crippen molar-refractivity contribution in [2.75, 3.05) is 26.2 Å². The average Bonchev–Trinajstić information content (AvgIpc) is 3.42. The summed E-state index contributed by atoms with van der Waals surface area (Å²) in [6.45, 7) is 8.02. The van der Waals surface area contributed by atoms with E-state index >= 15 is 0 Å². The maximum atomic E-state index is 13.3. The zero-order chi connectivity index (χ0) is 26.7. The lowest BCUT2D eigenvalue weighted by Gasteiger charge is -2.28. The van der Waals surface area contributed by atoms with Crippen molar-refractivity contribution in [3.05, 3.63) is 93.3 Å². The smallest absolute Gasteiger partial charge is 0.295 e. The summed E-state index contributed by atoms with van der Waals surface area (Å²) < 4.78 is 1.63. The molecular weight excluding hydrogens is 474 g/mol. The van der Waals surface area contributed by atoms with Gasteiger partial charge in [0.1, 0.15) is 5.76 Å². The molecular formula is C27H29N5O5. The third kappa shape index (κ3) is 4.88. The van der Waals surface area contributed by atoms with Gasteiger partial charge in [0.2, 0.25) is 0 Å². The van der Waals surface area contributed by atoms with Crippen LogP contribution in [0.15, 0.2) is 66.4 Å². The van der Waals surface area contributed by atoms with Crippen molar-refractivity contribution in [2.45, 2.75) is 26.8 Å². The van der Waals surface area contributed by atoms with Gasteiger partial charge in [0.25, 0.3) is 17.4 Å². The van der Waals surface area contributed by atoms with Crippen molar-refractivity contribution in [1.82, 2.24) is 19.6 Å². The zero-order valence-corrected chi connectivity index (χ0v) is 21.0. The van der Waals surface area contributed by atoms with Gasteiger partial charge in [-0.3, -0.25) is 19.7 Å².